The number of hydrogen-bond acceptors (Lipinski definition) is 5. The van der Waals surface area contributed by atoms with E-state index < -0.39 is 5.97 Å². The summed E-state index contributed by atoms with van der Waals surface area (Å²) < 4.78 is 1.59. The fraction of sp³-hybridized carbons (Fsp3) is 0.240. The maximum Gasteiger partial charge on any atom is 0.337 e. The summed E-state index contributed by atoms with van der Waals surface area (Å²) in [4.78, 5) is 31.5. The first-order valence-electron chi connectivity index (χ1n) is 10.4. The van der Waals surface area contributed by atoms with Crippen molar-refractivity contribution in [2.24, 2.45) is 7.05 Å². The molecule has 0 saturated heterocycles. The molecule has 4 aromatic rings. The summed E-state index contributed by atoms with van der Waals surface area (Å²) >= 11 is 0. The Morgan fingerprint density at radius 1 is 1.12 bits per heavy atom. The van der Waals surface area contributed by atoms with E-state index in [0.29, 0.717) is 16.7 Å². The lowest BCUT2D eigenvalue weighted by Gasteiger charge is -2.21. The fourth-order valence-corrected chi connectivity index (χ4v) is 4.15. The van der Waals surface area contributed by atoms with Gasteiger partial charge in [-0.15, -0.1) is 0 Å². The number of aromatic carboxylic acids is 1. The molecule has 164 valence electrons. The van der Waals surface area contributed by atoms with E-state index in [1.807, 2.05) is 57.1 Å². The van der Waals surface area contributed by atoms with E-state index in [4.69, 9.17) is 4.98 Å². The number of carbonyl (C=O) groups is 1. The van der Waals surface area contributed by atoms with Crippen LogP contribution in [0.4, 0.5) is 11.5 Å². The van der Waals surface area contributed by atoms with Crippen molar-refractivity contribution in [1.29, 1.82) is 0 Å². The molecule has 0 saturated carbocycles. The number of aryl methyl sites for hydroxylation is 2. The van der Waals surface area contributed by atoms with Crippen molar-refractivity contribution in [3.8, 4) is 0 Å². The lowest BCUT2D eigenvalue weighted by Crippen LogP contribution is -2.21. The Morgan fingerprint density at radius 2 is 1.84 bits per heavy atom. The van der Waals surface area contributed by atoms with Crippen molar-refractivity contribution in [3.05, 3.63) is 75.6 Å². The summed E-state index contributed by atoms with van der Waals surface area (Å²) in [5.41, 5.74) is 3.11. The largest absolute Gasteiger partial charge is 0.478 e. The summed E-state index contributed by atoms with van der Waals surface area (Å²) in [7, 11) is 5.56. The molecule has 4 rings (SSSR count). The molecule has 2 heterocycles. The molecule has 0 amide bonds. The Labute approximate surface area is 185 Å². The van der Waals surface area contributed by atoms with E-state index in [2.05, 4.69) is 5.32 Å². The number of para-hydroxylation sites is 1. The fourth-order valence-electron chi connectivity index (χ4n) is 4.15. The lowest BCUT2D eigenvalue weighted by atomic mass is 9.95. The van der Waals surface area contributed by atoms with Crippen LogP contribution in [0.2, 0.25) is 0 Å². The maximum atomic E-state index is 13.3. The SMILES string of the molecule is Cc1cc(C(C)Nc2ccccc2C(=O)O)c2c(c1)c(=O)n(C)c1nc(N(C)C)ccc21. The van der Waals surface area contributed by atoms with Gasteiger partial charge in [0, 0.05) is 49.0 Å². The minimum absolute atomic E-state index is 0.112. The quantitative estimate of drug-likeness (QED) is 0.458. The first kappa shape index (κ1) is 21.4. The van der Waals surface area contributed by atoms with Crippen LogP contribution in [-0.2, 0) is 7.05 Å². The number of nitrogens with one attached hydrogen (secondary N) is 1. The number of fused-ring (bicyclic) bond motifs is 3. The van der Waals surface area contributed by atoms with Crippen LogP contribution in [0.1, 0.15) is 34.5 Å². The van der Waals surface area contributed by atoms with Gasteiger partial charge >= 0.3 is 5.97 Å². The molecule has 0 bridgehead atoms. The van der Waals surface area contributed by atoms with E-state index in [0.717, 1.165) is 27.7 Å². The number of carboxylic acids is 1. The van der Waals surface area contributed by atoms with Crippen LogP contribution < -0.4 is 15.8 Å². The molecule has 7 nitrogen and oxygen atoms in total. The van der Waals surface area contributed by atoms with Gasteiger partial charge in [-0.25, -0.2) is 9.78 Å². The summed E-state index contributed by atoms with van der Waals surface area (Å²) in [6, 6.07) is 14.5. The second-order valence-electron chi connectivity index (χ2n) is 8.29. The van der Waals surface area contributed by atoms with Crippen LogP contribution in [0.3, 0.4) is 0 Å². The van der Waals surface area contributed by atoms with Gasteiger partial charge in [-0.2, -0.15) is 0 Å². The molecule has 0 aliphatic carbocycles. The zero-order valence-corrected chi connectivity index (χ0v) is 18.8. The molecule has 2 aromatic carbocycles. The molecule has 0 spiro atoms. The lowest BCUT2D eigenvalue weighted by molar-refractivity contribution is 0.0698. The van der Waals surface area contributed by atoms with Crippen LogP contribution in [0.15, 0.2) is 53.3 Å². The van der Waals surface area contributed by atoms with E-state index in [1.54, 1.807) is 35.9 Å². The number of hydrogen-bond donors (Lipinski definition) is 2. The smallest absolute Gasteiger partial charge is 0.337 e. The van der Waals surface area contributed by atoms with Crippen LogP contribution >= 0.6 is 0 Å². The summed E-state index contributed by atoms with van der Waals surface area (Å²) in [6.45, 7) is 3.93. The minimum Gasteiger partial charge on any atom is -0.478 e. The predicted octanol–water partition coefficient (Wildman–Crippen LogP) is 4.33. The summed E-state index contributed by atoms with van der Waals surface area (Å²) in [6.07, 6.45) is 0. The summed E-state index contributed by atoms with van der Waals surface area (Å²) in [5, 5.41) is 15.2. The highest BCUT2D eigenvalue weighted by molar-refractivity contribution is 6.07. The third kappa shape index (κ3) is 3.56. The van der Waals surface area contributed by atoms with Gasteiger partial charge in [0.1, 0.15) is 11.5 Å². The topological polar surface area (TPSA) is 87.5 Å². The Morgan fingerprint density at radius 3 is 2.53 bits per heavy atom. The highest BCUT2D eigenvalue weighted by Crippen LogP contribution is 2.33. The average Bonchev–Trinajstić information content (AvgIpc) is 2.76. The van der Waals surface area contributed by atoms with E-state index >= 15 is 0 Å². The van der Waals surface area contributed by atoms with Crippen molar-refractivity contribution in [2.45, 2.75) is 19.9 Å². The monoisotopic (exact) mass is 430 g/mol. The zero-order valence-electron chi connectivity index (χ0n) is 18.8. The number of anilines is 2. The Bertz CT molecular complexity index is 1420. The highest BCUT2D eigenvalue weighted by Gasteiger charge is 2.19. The average molecular weight is 431 g/mol. The Balaban J connectivity index is 1.98. The number of nitrogens with zero attached hydrogens (tertiary/aromatic N) is 3. The standard InChI is InChI=1S/C25H26N4O3/c1-14-12-18(15(2)26-20-9-7-6-8-16(20)25(31)32)22-17-10-11-21(28(3)4)27-23(17)29(5)24(30)19(22)13-14/h6-13,15,26H,1-5H3,(H,31,32). The molecule has 1 atom stereocenters. The molecule has 32 heavy (non-hydrogen) atoms. The molecule has 2 N–H and O–H groups in total. The number of rotatable bonds is 5. The first-order chi connectivity index (χ1) is 15.2. The number of carboxylic acid groups (broad SMARTS) is 1. The van der Waals surface area contributed by atoms with Crippen LogP contribution in [0.25, 0.3) is 21.8 Å². The van der Waals surface area contributed by atoms with Crippen LogP contribution in [0, 0.1) is 6.92 Å². The van der Waals surface area contributed by atoms with Gasteiger partial charge in [0.05, 0.1) is 5.56 Å². The van der Waals surface area contributed by atoms with Gasteiger partial charge in [-0.3, -0.25) is 9.36 Å². The normalized spacial score (nSPS) is 12.2. The Hall–Kier alpha value is -3.87. The molecule has 2 aromatic heterocycles. The van der Waals surface area contributed by atoms with Gasteiger partial charge in [-0.1, -0.05) is 18.2 Å². The molecular formula is C25H26N4O3. The van der Waals surface area contributed by atoms with Crippen molar-refractivity contribution in [3.63, 3.8) is 0 Å². The molecule has 1 unspecified atom stereocenters. The van der Waals surface area contributed by atoms with Crippen molar-refractivity contribution in [2.75, 3.05) is 24.3 Å². The molecule has 7 heteroatoms. The van der Waals surface area contributed by atoms with Gasteiger partial charge < -0.3 is 15.3 Å². The molecule has 0 fully saturated rings. The van der Waals surface area contributed by atoms with E-state index in [-0.39, 0.29) is 17.2 Å². The van der Waals surface area contributed by atoms with Crippen molar-refractivity contribution >= 4 is 39.3 Å². The van der Waals surface area contributed by atoms with Crippen LogP contribution in [-0.4, -0.2) is 34.7 Å². The zero-order chi connectivity index (χ0) is 23.2. The van der Waals surface area contributed by atoms with Crippen molar-refractivity contribution in [1.82, 2.24) is 9.55 Å². The number of pyridine rings is 2. The third-order valence-corrected chi connectivity index (χ3v) is 5.75. The van der Waals surface area contributed by atoms with Gasteiger partial charge in [0.25, 0.3) is 5.56 Å². The predicted molar refractivity (Wildman–Crippen MR) is 129 cm³/mol. The van der Waals surface area contributed by atoms with Crippen molar-refractivity contribution < 1.29 is 9.90 Å². The Kier molecular flexibility index (Phi) is 5.34. The van der Waals surface area contributed by atoms with Gasteiger partial charge in [0.2, 0.25) is 0 Å². The summed E-state index contributed by atoms with van der Waals surface area (Å²) in [5.74, 6) is -0.226. The van der Waals surface area contributed by atoms with E-state index in [1.165, 1.54) is 0 Å². The van der Waals surface area contributed by atoms with Gasteiger partial charge in [0.15, 0.2) is 0 Å². The maximum absolute atomic E-state index is 13.3. The highest BCUT2D eigenvalue weighted by atomic mass is 16.4. The molecule has 0 aliphatic heterocycles. The van der Waals surface area contributed by atoms with E-state index in [9.17, 15) is 14.7 Å². The second kappa shape index (κ2) is 8.00. The number of benzene rings is 2. The van der Waals surface area contributed by atoms with Gasteiger partial charge in [-0.05, 0) is 55.3 Å². The van der Waals surface area contributed by atoms with Crippen LogP contribution in [0.5, 0.6) is 0 Å². The molecular weight excluding hydrogens is 404 g/mol. The molecule has 0 radical (unpaired) electrons. The first-order valence-corrected chi connectivity index (χ1v) is 10.4. The molecule has 0 aliphatic rings. The second-order valence-corrected chi connectivity index (χ2v) is 8.29. The minimum atomic E-state index is -0.992. The third-order valence-electron chi connectivity index (χ3n) is 5.75. The number of aromatic nitrogens is 2.